The fourth-order valence-corrected chi connectivity index (χ4v) is 3.09. The number of amides is 2. The van der Waals surface area contributed by atoms with Gasteiger partial charge in [-0.1, -0.05) is 42.5 Å². The van der Waals surface area contributed by atoms with E-state index in [2.05, 4.69) is 0 Å². The Labute approximate surface area is 163 Å². The second kappa shape index (κ2) is 7.80. The van der Waals surface area contributed by atoms with Crippen molar-refractivity contribution in [3.05, 3.63) is 81.0 Å². The van der Waals surface area contributed by atoms with Crippen LogP contribution in [0.4, 0.5) is 10.5 Å². The molecule has 2 aromatic rings. The normalized spacial score (nSPS) is 16.4. The van der Waals surface area contributed by atoms with Gasteiger partial charge in [-0.3, -0.25) is 19.8 Å². The molecule has 0 aromatic heterocycles. The van der Waals surface area contributed by atoms with Crippen molar-refractivity contribution in [1.82, 2.24) is 4.90 Å². The van der Waals surface area contributed by atoms with Crippen LogP contribution in [-0.2, 0) is 9.53 Å². The molecule has 1 saturated heterocycles. The Morgan fingerprint density at radius 1 is 1.21 bits per heavy atom. The lowest BCUT2D eigenvalue weighted by Gasteiger charge is -2.22. The van der Waals surface area contributed by atoms with Crippen LogP contribution in [0.15, 0.2) is 54.2 Å². The molecule has 0 spiro atoms. The number of nitro groups is 1. The first-order valence-electron chi connectivity index (χ1n) is 8.34. The number of nitrogens with zero attached hydrogens (tertiary/aromatic N) is 2. The van der Waals surface area contributed by atoms with Crippen molar-refractivity contribution in [3.63, 3.8) is 0 Å². The molecule has 148 valence electrons. The number of hydrogen-bond acceptors (Lipinski definition) is 6. The number of cyclic esters (lactones) is 1. The second-order valence-corrected chi connectivity index (χ2v) is 6.07. The van der Waals surface area contributed by atoms with Crippen LogP contribution < -0.4 is 5.73 Å². The third-order valence-corrected chi connectivity index (χ3v) is 4.35. The number of primary amides is 1. The van der Waals surface area contributed by atoms with Gasteiger partial charge in [0, 0.05) is 6.07 Å². The first-order valence-corrected chi connectivity index (χ1v) is 8.34. The highest BCUT2D eigenvalue weighted by Crippen LogP contribution is 2.33. The molecule has 0 bridgehead atoms. The molecule has 0 unspecified atom stereocenters. The highest BCUT2D eigenvalue weighted by atomic mass is 16.6. The molecule has 3 rings (SSSR count). The zero-order valence-electron chi connectivity index (χ0n) is 14.8. The van der Waals surface area contributed by atoms with E-state index in [1.54, 1.807) is 30.3 Å². The number of nitrogens with two attached hydrogens (primary N) is 1. The van der Waals surface area contributed by atoms with Crippen molar-refractivity contribution in [3.8, 4) is 0 Å². The minimum Gasteiger partial charge on any atom is -0.477 e. The average Bonchev–Trinajstić information content (AvgIpc) is 3.07. The predicted molar refractivity (Wildman–Crippen MR) is 99.6 cm³/mol. The summed E-state index contributed by atoms with van der Waals surface area (Å²) in [4.78, 5) is 47.4. The fraction of sp³-hybridized carbons (Fsp3) is 0.105. The van der Waals surface area contributed by atoms with Gasteiger partial charge in [0.2, 0.25) is 0 Å². The van der Waals surface area contributed by atoms with Gasteiger partial charge in [-0.05, 0) is 17.2 Å². The van der Waals surface area contributed by atoms with Crippen molar-refractivity contribution in [2.24, 2.45) is 5.73 Å². The number of carboxylic acids is 1. The molecule has 29 heavy (non-hydrogen) atoms. The molecule has 1 atom stereocenters. The highest BCUT2D eigenvalue weighted by Gasteiger charge is 2.39. The summed E-state index contributed by atoms with van der Waals surface area (Å²) in [5.41, 5.74) is 4.28. The first-order chi connectivity index (χ1) is 13.8. The van der Waals surface area contributed by atoms with Crippen molar-refractivity contribution >= 4 is 29.7 Å². The van der Waals surface area contributed by atoms with Gasteiger partial charge in [0.25, 0.3) is 11.6 Å². The number of rotatable bonds is 6. The summed E-state index contributed by atoms with van der Waals surface area (Å²) >= 11 is 0. The Kier molecular flexibility index (Phi) is 5.26. The summed E-state index contributed by atoms with van der Waals surface area (Å²) in [7, 11) is 0. The second-order valence-electron chi connectivity index (χ2n) is 6.07. The molecule has 2 aromatic carbocycles. The van der Waals surface area contributed by atoms with Crippen LogP contribution in [0.5, 0.6) is 0 Å². The maximum atomic E-state index is 12.3. The average molecular weight is 397 g/mol. The SMILES string of the molecule is NC(=O)c1c(C=C(C(=O)O)N2C(=O)OC[C@@H]2c2ccccc2)cccc1[N+](=O)[O-]. The predicted octanol–water partition coefficient (Wildman–Crippen LogP) is 2.31. The monoisotopic (exact) mass is 397 g/mol. The van der Waals surface area contributed by atoms with Gasteiger partial charge in [0.15, 0.2) is 0 Å². The Balaban J connectivity index is 2.16. The Hall–Kier alpha value is -4.21. The van der Waals surface area contributed by atoms with E-state index in [0.717, 1.165) is 17.0 Å². The van der Waals surface area contributed by atoms with Crippen molar-refractivity contribution in [1.29, 1.82) is 0 Å². The standard InChI is InChI=1S/C19H15N3O7/c20-17(23)16-12(7-4-8-13(16)22(27)28)9-14(18(24)25)21-15(10-29-19(21)26)11-5-2-1-3-6-11/h1-9,15H,10H2,(H2,20,23)(H,24,25)/t15-/m1/s1. The molecule has 10 nitrogen and oxygen atoms in total. The lowest BCUT2D eigenvalue weighted by Crippen LogP contribution is -2.31. The summed E-state index contributed by atoms with van der Waals surface area (Å²) in [6, 6.07) is 11.6. The van der Waals surface area contributed by atoms with E-state index in [1.165, 1.54) is 12.1 Å². The lowest BCUT2D eigenvalue weighted by molar-refractivity contribution is -0.385. The van der Waals surface area contributed by atoms with E-state index in [1.807, 2.05) is 0 Å². The molecule has 0 radical (unpaired) electrons. The van der Waals surface area contributed by atoms with Gasteiger partial charge in [-0.2, -0.15) is 0 Å². The minimum atomic E-state index is -1.48. The van der Waals surface area contributed by atoms with Crippen molar-refractivity contribution in [2.75, 3.05) is 6.61 Å². The molecular weight excluding hydrogens is 382 g/mol. The van der Waals surface area contributed by atoms with Crippen LogP contribution in [0, 0.1) is 10.1 Å². The van der Waals surface area contributed by atoms with Crippen LogP contribution in [0.1, 0.15) is 27.5 Å². The number of aliphatic carboxylic acids is 1. The van der Waals surface area contributed by atoms with Gasteiger partial charge in [0.1, 0.15) is 17.9 Å². The number of carbonyl (C=O) groups excluding carboxylic acids is 2. The number of carbonyl (C=O) groups is 3. The third-order valence-electron chi connectivity index (χ3n) is 4.35. The van der Waals surface area contributed by atoms with E-state index in [4.69, 9.17) is 10.5 Å². The number of hydrogen-bond donors (Lipinski definition) is 2. The minimum absolute atomic E-state index is 0.0783. The Morgan fingerprint density at radius 2 is 1.90 bits per heavy atom. The fourth-order valence-electron chi connectivity index (χ4n) is 3.09. The number of nitro benzene ring substituents is 1. The van der Waals surface area contributed by atoms with Crippen LogP contribution in [-0.4, -0.2) is 39.5 Å². The maximum Gasteiger partial charge on any atom is 0.415 e. The highest BCUT2D eigenvalue weighted by molar-refractivity contribution is 6.03. The zero-order chi connectivity index (χ0) is 21.1. The van der Waals surface area contributed by atoms with Crippen molar-refractivity contribution < 1.29 is 29.2 Å². The summed E-state index contributed by atoms with van der Waals surface area (Å²) in [6.45, 7) is -0.0783. The molecule has 0 saturated carbocycles. The molecule has 1 heterocycles. The third kappa shape index (κ3) is 3.76. The van der Waals surface area contributed by atoms with Gasteiger partial charge < -0.3 is 15.6 Å². The molecule has 0 aliphatic carbocycles. The van der Waals surface area contributed by atoms with E-state index in [0.29, 0.717) is 5.56 Å². The molecular formula is C19H15N3O7. The Morgan fingerprint density at radius 3 is 2.48 bits per heavy atom. The molecule has 2 amide bonds. The van der Waals surface area contributed by atoms with E-state index < -0.39 is 45.9 Å². The largest absolute Gasteiger partial charge is 0.477 e. The molecule has 3 N–H and O–H groups in total. The van der Waals surface area contributed by atoms with Gasteiger partial charge in [0.05, 0.1) is 11.0 Å². The van der Waals surface area contributed by atoms with Crippen LogP contribution in [0.2, 0.25) is 0 Å². The van der Waals surface area contributed by atoms with Gasteiger partial charge in [-0.15, -0.1) is 0 Å². The topological polar surface area (TPSA) is 153 Å². The maximum absolute atomic E-state index is 12.3. The summed E-state index contributed by atoms with van der Waals surface area (Å²) in [5.74, 6) is -2.58. The molecule has 1 aliphatic rings. The molecule has 10 heteroatoms. The van der Waals surface area contributed by atoms with E-state index in [-0.39, 0.29) is 12.2 Å². The zero-order valence-corrected chi connectivity index (χ0v) is 14.8. The summed E-state index contributed by atoms with van der Waals surface area (Å²) in [6.07, 6.45) is 0.108. The molecule has 1 fully saturated rings. The summed E-state index contributed by atoms with van der Waals surface area (Å²) < 4.78 is 5.02. The Bertz CT molecular complexity index is 1030. The van der Waals surface area contributed by atoms with Crippen molar-refractivity contribution in [2.45, 2.75) is 6.04 Å². The number of ether oxygens (including phenoxy) is 1. The number of benzene rings is 2. The van der Waals surface area contributed by atoms with Crippen LogP contribution in [0.3, 0.4) is 0 Å². The first kappa shape index (κ1) is 19.5. The quantitative estimate of drug-likeness (QED) is 0.431. The van der Waals surface area contributed by atoms with Crippen LogP contribution >= 0.6 is 0 Å². The lowest BCUT2D eigenvalue weighted by atomic mass is 10.0. The van der Waals surface area contributed by atoms with E-state index in [9.17, 15) is 29.6 Å². The van der Waals surface area contributed by atoms with Gasteiger partial charge in [-0.25, -0.2) is 9.59 Å². The molecule has 1 aliphatic heterocycles. The van der Waals surface area contributed by atoms with Crippen LogP contribution in [0.25, 0.3) is 6.08 Å². The smallest absolute Gasteiger partial charge is 0.415 e. The van der Waals surface area contributed by atoms with E-state index >= 15 is 0 Å². The van der Waals surface area contributed by atoms with Gasteiger partial charge >= 0.3 is 12.1 Å². The summed E-state index contributed by atoms with van der Waals surface area (Å²) in [5, 5.41) is 20.9. The number of carboxylic acid groups (broad SMARTS) is 1.